The third kappa shape index (κ3) is 20.3. The highest BCUT2D eigenvalue weighted by Crippen LogP contribution is 2.27. The van der Waals surface area contributed by atoms with Gasteiger partial charge in [-0.3, -0.25) is 14.4 Å². The van der Waals surface area contributed by atoms with Crippen LogP contribution < -0.4 is 27.4 Å². The Labute approximate surface area is 275 Å². The maximum atomic E-state index is 13.8. The van der Waals surface area contributed by atoms with E-state index in [0.29, 0.717) is 32.2 Å². The van der Waals surface area contributed by atoms with E-state index < -0.39 is 18.1 Å². The van der Waals surface area contributed by atoms with Crippen LogP contribution in [0.1, 0.15) is 108 Å². The molecule has 0 aliphatic carbocycles. The molecule has 7 N–H and O–H groups in total. The molecule has 11 nitrogen and oxygen atoms in total. The normalized spacial score (nSPS) is 18.2. The minimum absolute atomic E-state index is 0.0608. The monoisotopic (exact) mass is 641 g/mol. The van der Waals surface area contributed by atoms with Crippen molar-refractivity contribution >= 4 is 23.8 Å². The number of hydrogen-bond acceptors (Lipinski definition) is 6. The predicted octanol–water partition coefficient (Wildman–Crippen LogP) is 5.17. The summed E-state index contributed by atoms with van der Waals surface area (Å²) in [5.74, 6) is -0.641. The molecular weight excluding hydrogens is 572 g/mol. The number of hydrogen-bond donors (Lipinski definition) is 5. The number of carbonyl (C=O) groups is 4. The number of urea groups is 1. The maximum absolute atomic E-state index is 13.8. The van der Waals surface area contributed by atoms with E-state index in [1.807, 2.05) is 81.4 Å². The number of nitrogens with zero attached hydrogens (tertiary/aromatic N) is 1. The van der Waals surface area contributed by atoms with Crippen LogP contribution >= 0.6 is 0 Å². The summed E-state index contributed by atoms with van der Waals surface area (Å²) in [4.78, 5) is 52.2. The van der Waals surface area contributed by atoms with E-state index in [4.69, 9.17) is 16.2 Å². The van der Waals surface area contributed by atoms with Crippen LogP contribution in [-0.4, -0.2) is 73.5 Å². The molecule has 5 amide bonds. The third-order valence-electron chi connectivity index (χ3n) is 6.58. The van der Waals surface area contributed by atoms with Gasteiger partial charge in [0.05, 0.1) is 12.9 Å². The Kier molecular flexibility index (Phi) is 34.6. The fourth-order valence-electron chi connectivity index (χ4n) is 4.32. The van der Waals surface area contributed by atoms with Gasteiger partial charge in [-0.1, -0.05) is 81.0 Å². The van der Waals surface area contributed by atoms with Crippen molar-refractivity contribution in [1.29, 1.82) is 0 Å². The first kappa shape index (κ1) is 48.6. The van der Waals surface area contributed by atoms with Crippen molar-refractivity contribution < 1.29 is 23.9 Å². The molecule has 264 valence electrons. The summed E-state index contributed by atoms with van der Waals surface area (Å²) in [5, 5.41) is 8.24. The topological polar surface area (TPSA) is 169 Å². The Bertz CT molecular complexity index is 875. The number of ether oxygens (including phenoxy) is 1. The van der Waals surface area contributed by atoms with Crippen molar-refractivity contribution in [3.63, 3.8) is 0 Å². The lowest BCUT2D eigenvalue weighted by Gasteiger charge is -2.36. The number of rotatable bonds is 14. The highest BCUT2D eigenvalue weighted by atomic mass is 16.5. The molecule has 4 unspecified atom stereocenters. The van der Waals surface area contributed by atoms with Gasteiger partial charge in [0.25, 0.3) is 0 Å². The van der Waals surface area contributed by atoms with Crippen LogP contribution in [-0.2, 0) is 19.1 Å². The van der Waals surface area contributed by atoms with Gasteiger partial charge in [0.2, 0.25) is 17.7 Å². The van der Waals surface area contributed by atoms with Gasteiger partial charge in [0.15, 0.2) is 0 Å². The lowest BCUT2D eigenvalue weighted by atomic mass is 9.93. The summed E-state index contributed by atoms with van der Waals surface area (Å²) in [7, 11) is 1.59. The Morgan fingerprint density at radius 3 is 2.07 bits per heavy atom. The van der Waals surface area contributed by atoms with E-state index in [-0.39, 0.29) is 49.2 Å². The van der Waals surface area contributed by atoms with E-state index in [0.717, 1.165) is 11.3 Å². The minimum atomic E-state index is -0.913. The van der Waals surface area contributed by atoms with Crippen molar-refractivity contribution in [2.24, 2.45) is 17.4 Å². The van der Waals surface area contributed by atoms with E-state index in [2.05, 4.69) is 22.5 Å². The Morgan fingerprint density at radius 1 is 1.02 bits per heavy atom. The number of nitrogens with one attached hydrogen (secondary N) is 3. The predicted molar refractivity (Wildman–Crippen MR) is 188 cm³/mol. The van der Waals surface area contributed by atoms with Crippen molar-refractivity contribution in [2.75, 3.05) is 26.7 Å². The SMILES string of the molecule is C=C/C(=C\C=C(/C)OC)CCNC(=O)C(C)N1C(=O)C(NC(=O)CCN)C(CNC(N)=O)CCC1CC.CC.CC.CC.CC. The van der Waals surface area contributed by atoms with Gasteiger partial charge in [-0.15, -0.1) is 0 Å². The summed E-state index contributed by atoms with van der Waals surface area (Å²) >= 11 is 0. The average Bonchev–Trinajstić information content (AvgIpc) is 3.20. The van der Waals surface area contributed by atoms with Gasteiger partial charge in [-0.25, -0.2) is 4.79 Å². The van der Waals surface area contributed by atoms with E-state index >= 15 is 0 Å². The Morgan fingerprint density at radius 2 is 1.60 bits per heavy atom. The molecule has 0 aromatic heterocycles. The summed E-state index contributed by atoms with van der Waals surface area (Å²) in [6.07, 6.45) is 7.85. The standard InChI is InChI=1S/C26H44N6O5.4C2H6/c1-6-19(9-8-17(3)37-5)13-15-29-24(34)18(4)32-21(7-2)11-10-20(16-30-26(28)36)23(25(32)35)31-22(33)12-14-27;4*1-2/h6,8-9,18,20-21,23H,1,7,10-16,27H2,2-5H3,(H,29,34)(H,31,33)(H3,28,30,36);4*1-2H3/b17-8+,19-9+;;;;. The smallest absolute Gasteiger partial charge is 0.312 e. The molecule has 1 saturated heterocycles. The zero-order valence-corrected chi connectivity index (χ0v) is 30.5. The van der Waals surface area contributed by atoms with Crippen molar-refractivity contribution in [2.45, 2.75) is 126 Å². The van der Waals surface area contributed by atoms with Crippen molar-refractivity contribution in [3.8, 4) is 0 Å². The number of methoxy groups -OCH3 is 1. The van der Waals surface area contributed by atoms with Crippen LogP contribution in [0, 0.1) is 5.92 Å². The van der Waals surface area contributed by atoms with Crippen LogP contribution in [0.5, 0.6) is 0 Å². The number of carbonyl (C=O) groups excluding carboxylic acids is 4. The highest BCUT2D eigenvalue weighted by Gasteiger charge is 2.42. The zero-order chi connectivity index (χ0) is 36.0. The van der Waals surface area contributed by atoms with Crippen LogP contribution in [0.3, 0.4) is 0 Å². The first-order valence-corrected chi connectivity index (χ1v) is 16.8. The highest BCUT2D eigenvalue weighted by molar-refractivity contribution is 5.92. The molecule has 1 aliphatic rings. The molecular formula is C34H68N6O5. The molecule has 0 radical (unpaired) electrons. The van der Waals surface area contributed by atoms with Gasteiger partial charge < -0.3 is 37.1 Å². The van der Waals surface area contributed by atoms with Crippen molar-refractivity contribution in [3.05, 3.63) is 36.1 Å². The van der Waals surface area contributed by atoms with Gasteiger partial charge >= 0.3 is 6.03 Å². The van der Waals surface area contributed by atoms with Crippen LogP contribution in [0.25, 0.3) is 0 Å². The molecule has 1 rings (SSSR count). The summed E-state index contributed by atoms with van der Waals surface area (Å²) in [6, 6.07) is -2.59. The largest absolute Gasteiger partial charge is 0.501 e. The average molecular weight is 641 g/mol. The first-order chi connectivity index (χ1) is 21.6. The van der Waals surface area contributed by atoms with Gasteiger partial charge in [0, 0.05) is 38.0 Å². The van der Waals surface area contributed by atoms with Crippen molar-refractivity contribution in [1.82, 2.24) is 20.9 Å². The Hall–Kier alpha value is -3.34. The molecule has 4 atom stereocenters. The van der Waals surface area contributed by atoms with Crippen LogP contribution in [0.2, 0.25) is 0 Å². The summed E-state index contributed by atoms with van der Waals surface area (Å²) < 4.78 is 5.12. The second kappa shape index (κ2) is 32.1. The van der Waals surface area contributed by atoms with E-state index in [1.54, 1.807) is 25.0 Å². The fourth-order valence-corrected chi connectivity index (χ4v) is 4.32. The van der Waals surface area contributed by atoms with Gasteiger partial charge in [-0.05, 0) is 51.2 Å². The molecule has 1 aliphatic heterocycles. The third-order valence-corrected chi connectivity index (χ3v) is 6.58. The first-order valence-electron chi connectivity index (χ1n) is 16.8. The number of primary amides is 1. The lowest BCUT2D eigenvalue weighted by Crippen LogP contribution is -2.59. The molecule has 0 aromatic rings. The van der Waals surface area contributed by atoms with Crippen LogP contribution in [0.15, 0.2) is 36.1 Å². The second-order valence-electron chi connectivity index (χ2n) is 9.12. The number of likely N-dealkylation sites (tertiary alicyclic amines) is 1. The molecule has 0 spiro atoms. The van der Waals surface area contributed by atoms with E-state index in [9.17, 15) is 19.2 Å². The molecule has 1 heterocycles. The number of allylic oxidation sites excluding steroid dienone is 4. The van der Waals surface area contributed by atoms with Gasteiger partial charge in [-0.2, -0.15) is 0 Å². The zero-order valence-electron chi connectivity index (χ0n) is 30.5. The number of nitrogens with two attached hydrogens (primary N) is 2. The summed E-state index contributed by atoms with van der Waals surface area (Å²) in [6.45, 7) is 25.9. The quantitative estimate of drug-likeness (QED) is 0.130. The summed E-state index contributed by atoms with van der Waals surface area (Å²) in [5.41, 5.74) is 11.7. The molecule has 0 bridgehead atoms. The second-order valence-corrected chi connectivity index (χ2v) is 9.12. The molecule has 0 saturated carbocycles. The van der Waals surface area contributed by atoms with Crippen LogP contribution in [0.4, 0.5) is 4.79 Å². The van der Waals surface area contributed by atoms with E-state index in [1.165, 1.54) is 0 Å². The number of amides is 5. The maximum Gasteiger partial charge on any atom is 0.312 e. The molecule has 0 aromatic carbocycles. The fraction of sp³-hybridized carbons (Fsp3) is 0.706. The molecule has 45 heavy (non-hydrogen) atoms. The molecule has 1 fully saturated rings. The molecule has 11 heteroatoms. The van der Waals surface area contributed by atoms with Gasteiger partial charge in [0.1, 0.15) is 12.1 Å². The lowest BCUT2D eigenvalue weighted by molar-refractivity contribution is -0.145. The Balaban J connectivity index is -0.000000967. The minimum Gasteiger partial charge on any atom is -0.501 e.